The number of esters is 1. The van der Waals surface area contributed by atoms with Crippen LogP contribution in [0.1, 0.15) is 13.8 Å². The smallest absolute Gasteiger partial charge is 0.476 e. The van der Waals surface area contributed by atoms with Crippen LogP contribution in [0.4, 0.5) is 13.2 Å². The Morgan fingerprint density at radius 3 is 1.67 bits per heavy atom. The van der Waals surface area contributed by atoms with Crippen LogP contribution in [0.15, 0.2) is 0 Å². The molecule has 0 radical (unpaired) electrons. The van der Waals surface area contributed by atoms with Crippen molar-refractivity contribution >= 4 is 17.7 Å². The topological polar surface area (TPSA) is 80.7 Å². The quantitative estimate of drug-likeness (QED) is 0.559. The van der Waals surface area contributed by atoms with Gasteiger partial charge in [-0.1, -0.05) is 0 Å². The minimum Gasteiger partial charge on any atom is -0.476 e. The van der Waals surface area contributed by atoms with Crippen molar-refractivity contribution in [3.8, 4) is 0 Å². The molecule has 15 heavy (non-hydrogen) atoms. The van der Waals surface area contributed by atoms with Gasteiger partial charge in [0.15, 0.2) is 0 Å². The first-order chi connectivity index (χ1) is 6.62. The van der Waals surface area contributed by atoms with Crippen molar-refractivity contribution in [1.29, 1.82) is 0 Å². The largest absolute Gasteiger partial charge is 0.490 e. The molecule has 0 saturated carbocycles. The maximum atomic E-state index is 11.2. The highest BCUT2D eigenvalue weighted by atomic mass is 19.4. The Morgan fingerprint density at radius 1 is 1.27 bits per heavy atom. The second kappa shape index (κ2) is 6.80. The molecule has 0 bridgehead atoms. The Hall–Kier alpha value is -1.60. The van der Waals surface area contributed by atoms with Gasteiger partial charge in [-0.15, -0.1) is 0 Å². The van der Waals surface area contributed by atoms with E-state index >= 15 is 0 Å². The molecule has 0 amide bonds. The molecule has 5 nitrogen and oxygen atoms in total. The van der Waals surface area contributed by atoms with Gasteiger partial charge < -0.3 is 9.84 Å². The number of carboxylic acids is 1. The summed E-state index contributed by atoms with van der Waals surface area (Å²) in [4.78, 5) is 28.6. The number of alkyl halides is 3. The van der Waals surface area contributed by atoms with E-state index in [0.29, 0.717) is 0 Å². The predicted octanol–water partition coefficient (Wildman–Crippen LogP) is 0.772. The number of rotatable bonds is 2. The maximum Gasteiger partial charge on any atom is 0.490 e. The molecule has 8 heteroatoms. The zero-order chi connectivity index (χ0) is 12.6. The van der Waals surface area contributed by atoms with Crippen LogP contribution < -0.4 is 0 Å². The number of carbonyl (C=O) groups is 3. The van der Waals surface area contributed by atoms with Crippen molar-refractivity contribution in [2.24, 2.45) is 0 Å². The molecule has 0 aliphatic rings. The molecule has 0 aromatic carbocycles. The van der Waals surface area contributed by atoms with Crippen molar-refractivity contribution in [1.82, 2.24) is 0 Å². The van der Waals surface area contributed by atoms with Crippen molar-refractivity contribution in [3.63, 3.8) is 0 Å². The molecule has 0 unspecified atom stereocenters. The van der Waals surface area contributed by atoms with E-state index in [1.807, 2.05) is 0 Å². The molecule has 0 heterocycles. The molecule has 0 aromatic rings. The fourth-order valence-electron chi connectivity index (χ4n) is 0.213. The van der Waals surface area contributed by atoms with E-state index in [1.54, 1.807) is 0 Å². The van der Waals surface area contributed by atoms with Crippen LogP contribution in [0.2, 0.25) is 0 Å². The summed E-state index contributed by atoms with van der Waals surface area (Å²) in [5, 5.41) is 7.64. The van der Waals surface area contributed by atoms with Crippen LogP contribution in [0, 0.1) is 0 Å². The lowest BCUT2D eigenvalue weighted by molar-refractivity contribution is -0.199. The molecule has 0 spiro atoms. The fraction of sp³-hybridized carbons (Fsp3) is 0.571. The molecule has 0 rings (SSSR count). The van der Waals surface area contributed by atoms with Crippen LogP contribution in [0.5, 0.6) is 0 Å². The Kier molecular flexibility index (Phi) is 7.18. The number of halogens is 3. The van der Waals surface area contributed by atoms with E-state index in [0.717, 1.165) is 6.92 Å². The lowest BCUT2D eigenvalue weighted by Gasteiger charge is -2.02. The normalized spacial score (nSPS) is 9.67. The van der Waals surface area contributed by atoms with Crippen molar-refractivity contribution in [2.75, 3.05) is 6.61 Å². The number of ketones is 1. The van der Waals surface area contributed by atoms with E-state index in [-0.39, 0.29) is 6.61 Å². The Labute approximate surface area is 82.8 Å². The summed E-state index contributed by atoms with van der Waals surface area (Å²) < 4.78 is 37.1. The number of hydrogen-bond donors (Lipinski definition) is 1. The van der Waals surface area contributed by atoms with E-state index in [1.165, 1.54) is 6.92 Å². The lowest BCUT2D eigenvalue weighted by Crippen LogP contribution is -2.25. The number of carbonyl (C=O) groups excluding carboxylic acids is 2. The van der Waals surface area contributed by atoms with Gasteiger partial charge in [0.05, 0.1) is 6.61 Å². The molecular weight excluding hydrogens is 221 g/mol. The van der Waals surface area contributed by atoms with E-state index < -0.39 is 23.9 Å². The minimum absolute atomic E-state index is 0.252. The Morgan fingerprint density at radius 2 is 1.60 bits per heavy atom. The average molecular weight is 230 g/mol. The fourth-order valence-corrected chi connectivity index (χ4v) is 0.213. The van der Waals surface area contributed by atoms with Crippen LogP contribution in [0.25, 0.3) is 0 Å². The Balaban J connectivity index is 0. The maximum absolute atomic E-state index is 11.2. The minimum atomic E-state index is -4.85. The highest BCUT2D eigenvalue weighted by molar-refractivity contribution is 6.31. The summed E-state index contributed by atoms with van der Waals surface area (Å²) in [5.41, 5.74) is 0. The lowest BCUT2D eigenvalue weighted by atomic mass is 10.5. The van der Waals surface area contributed by atoms with Gasteiger partial charge in [0, 0.05) is 6.92 Å². The summed E-state index contributed by atoms with van der Waals surface area (Å²) in [6.07, 6.45) is -4.85. The van der Waals surface area contributed by atoms with Crippen LogP contribution in [0.3, 0.4) is 0 Å². The standard InChI is InChI=1S/C4H5F3O2.C3H4O3/c1-2-9-3(8)4(5,6)7;1-2(4)3(5)6/h2H2,1H3;1H3,(H,5,6). The second-order valence-electron chi connectivity index (χ2n) is 2.08. The number of ether oxygens (including phenoxy) is 1. The predicted molar refractivity (Wildman–Crippen MR) is 41.0 cm³/mol. The first-order valence-corrected chi connectivity index (χ1v) is 3.60. The number of aliphatic carboxylic acids is 1. The molecule has 0 fully saturated rings. The van der Waals surface area contributed by atoms with E-state index in [4.69, 9.17) is 5.11 Å². The third-order valence-electron chi connectivity index (χ3n) is 0.808. The summed E-state index contributed by atoms with van der Waals surface area (Å²) >= 11 is 0. The van der Waals surface area contributed by atoms with Gasteiger partial charge in [0.25, 0.3) is 0 Å². The van der Waals surface area contributed by atoms with Gasteiger partial charge in [0.1, 0.15) is 0 Å². The second-order valence-corrected chi connectivity index (χ2v) is 2.08. The number of Topliss-reactive ketones (excluding diaryl/α,β-unsaturated/α-hetero) is 1. The van der Waals surface area contributed by atoms with Crippen LogP contribution in [-0.4, -0.2) is 35.6 Å². The van der Waals surface area contributed by atoms with Gasteiger partial charge >= 0.3 is 18.1 Å². The monoisotopic (exact) mass is 230 g/mol. The first-order valence-electron chi connectivity index (χ1n) is 3.60. The van der Waals surface area contributed by atoms with Crippen LogP contribution >= 0.6 is 0 Å². The number of carboxylic acid groups (broad SMARTS) is 1. The van der Waals surface area contributed by atoms with Gasteiger partial charge in [0.2, 0.25) is 5.78 Å². The zero-order valence-electron chi connectivity index (χ0n) is 7.92. The zero-order valence-corrected chi connectivity index (χ0v) is 7.92. The highest BCUT2D eigenvalue weighted by Crippen LogP contribution is 2.15. The summed E-state index contributed by atoms with van der Waals surface area (Å²) in [5.74, 6) is -4.34. The molecule has 1 N–H and O–H groups in total. The molecule has 0 atom stereocenters. The summed E-state index contributed by atoms with van der Waals surface area (Å²) in [6, 6.07) is 0. The highest BCUT2D eigenvalue weighted by Gasteiger charge is 2.40. The van der Waals surface area contributed by atoms with Crippen molar-refractivity contribution in [3.05, 3.63) is 0 Å². The van der Waals surface area contributed by atoms with Gasteiger partial charge in [-0.3, -0.25) is 4.79 Å². The average Bonchev–Trinajstić information content (AvgIpc) is 2.03. The van der Waals surface area contributed by atoms with Gasteiger partial charge in [-0.2, -0.15) is 13.2 Å². The molecule has 0 aliphatic heterocycles. The third-order valence-corrected chi connectivity index (χ3v) is 0.808. The Bertz CT molecular complexity index is 234. The number of hydrogen-bond acceptors (Lipinski definition) is 4. The molecule has 0 aliphatic carbocycles. The SMILES string of the molecule is CC(=O)C(=O)O.CCOC(=O)C(F)(F)F. The van der Waals surface area contributed by atoms with Crippen LogP contribution in [-0.2, 0) is 19.1 Å². The first kappa shape index (κ1) is 15.9. The van der Waals surface area contributed by atoms with Gasteiger partial charge in [-0.05, 0) is 6.92 Å². The van der Waals surface area contributed by atoms with E-state index in [9.17, 15) is 27.6 Å². The van der Waals surface area contributed by atoms with Crippen molar-refractivity contribution < 1.29 is 37.4 Å². The molecule has 0 aromatic heterocycles. The molecule has 88 valence electrons. The summed E-state index contributed by atoms with van der Waals surface area (Å²) in [7, 11) is 0. The summed E-state index contributed by atoms with van der Waals surface area (Å²) in [6.45, 7) is 2.06. The van der Waals surface area contributed by atoms with Crippen molar-refractivity contribution in [2.45, 2.75) is 20.0 Å². The third kappa shape index (κ3) is 10.3. The molecule has 0 saturated heterocycles. The molecular formula is C7H9F3O5. The van der Waals surface area contributed by atoms with E-state index in [2.05, 4.69) is 4.74 Å². The van der Waals surface area contributed by atoms with Gasteiger partial charge in [-0.25, -0.2) is 9.59 Å².